The second-order valence-corrected chi connectivity index (χ2v) is 6.57. The summed E-state index contributed by atoms with van der Waals surface area (Å²) >= 11 is 0. The second kappa shape index (κ2) is 6.64. The first-order valence-electron chi connectivity index (χ1n) is 8.83. The Morgan fingerprint density at radius 2 is 1.73 bits per heavy atom. The highest BCUT2D eigenvalue weighted by Crippen LogP contribution is 2.41. The predicted octanol–water partition coefficient (Wildman–Crippen LogP) is 5.71. The third-order valence-corrected chi connectivity index (χ3v) is 4.85. The van der Waals surface area contributed by atoms with Crippen molar-refractivity contribution in [2.45, 2.75) is 20.3 Å². The summed E-state index contributed by atoms with van der Waals surface area (Å²) in [7, 11) is 0. The Balaban J connectivity index is 1.72. The average Bonchev–Trinajstić information content (AvgIpc) is 3.02. The van der Waals surface area contributed by atoms with E-state index in [0.717, 1.165) is 17.5 Å². The fourth-order valence-corrected chi connectivity index (χ4v) is 3.64. The SMILES string of the molecule is CC=CC(=O)Oc1ccc(-c2cccc3c2Cc2ccccc2-3)cc1C. The zero-order chi connectivity index (χ0) is 18.1. The number of ether oxygens (including phenoxy) is 1. The molecule has 0 aromatic heterocycles. The van der Waals surface area contributed by atoms with Crippen LogP contribution in [-0.2, 0) is 11.2 Å². The summed E-state index contributed by atoms with van der Waals surface area (Å²) in [5, 5.41) is 0. The lowest BCUT2D eigenvalue weighted by atomic mass is 9.94. The van der Waals surface area contributed by atoms with Gasteiger partial charge in [0.1, 0.15) is 5.75 Å². The molecule has 0 saturated heterocycles. The predicted molar refractivity (Wildman–Crippen MR) is 105 cm³/mol. The fourth-order valence-electron chi connectivity index (χ4n) is 3.64. The van der Waals surface area contributed by atoms with Crippen LogP contribution in [0.1, 0.15) is 23.6 Å². The number of carbonyl (C=O) groups excluding carboxylic acids is 1. The Labute approximate surface area is 153 Å². The summed E-state index contributed by atoms with van der Waals surface area (Å²) in [6, 6.07) is 21.1. The first-order valence-corrected chi connectivity index (χ1v) is 8.83. The summed E-state index contributed by atoms with van der Waals surface area (Å²) in [5.74, 6) is 0.257. The van der Waals surface area contributed by atoms with Gasteiger partial charge in [-0.1, -0.05) is 54.6 Å². The van der Waals surface area contributed by atoms with Crippen molar-refractivity contribution >= 4 is 5.97 Å². The van der Waals surface area contributed by atoms with E-state index in [9.17, 15) is 4.79 Å². The van der Waals surface area contributed by atoms with Crippen LogP contribution in [0.2, 0.25) is 0 Å². The Hall–Kier alpha value is -3.13. The third kappa shape index (κ3) is 2.84. The van der Waals surface area contributed by atoms with Crippen molar-refractivity contribution < 1.29 is 9.53 Å². The molecular formula is C24H20O2. The van der Waals surface area contributed by atoms with Gasteiger partial charge in [-0.15, -0.1) is 0 Å². The molecular weight excluding hydrogens is 320 g/mol. The van der Waals surface area contributed by atoms with Crippen LogP contribution >= 0.6 is 0 Å². The number of hydrogen-bond donors (Lipinski definition) is 0. The molecule has 0 heterocycles. The maximum Gasteiger partial charge on any atom is 0.335 e. The number of carbonyl (C=O) groups is 1. The van der Waals surface area contributed by atoms with Gasteiger partial charge in [-0.2, -0.15) is 0 Å². The van der Waals surface area contributed by atoms with Gasteiger partial charge in [-0.3, -0.25) is 0 Å². The molecule has 2 nitrogen and oxygen atoms in total. The molecule has 0 unspecified atom stereocenters. The molecule has 4 rings (SSSR count). The normalized spacial score (nSPS) is 12.1. The molecule has 1 aliphatic carbocycles. The van der Waals surface area contributed by atoms with Gasteiger partial charge >= 0.3 is 5.97 Å². The summed E-state index contributed by atoms with van der Waals surface area (Å²) in [5.41, 5.74) is 8.74. The summed E-state index contributed by atoms with van der Waals surface area (Å²) in [4.78, 5) is 11.7. The minimum absolute atomic E-state index is 0.348. The Kier molecular flexibility index (Phi) is 4.18. The van der Waals surface area contributed by atoms with Crippen molar-refractivity contribution in [1.29, 1.82) is 0 Å². The van der Waals surface area contributed by atoms with Crippen LogP contribution in [0.25, 0.3) is 22.3 Å². The Morgan fingerprint density at radius 3 is 2.54 bits per heavy atom. The van der Waals surface area contributed by atoms with Gasteiger partial charge in [0, 0.05) is 6.08 Å². The molecule has 0 atom stereocenters. The van der Waals surface area contributed by atoms with E-state index in [1.54, 1.807) is 13.0 Å². The number of aryl methyl sites for hydroxylation is 1. The molecule has 3 aromatic carbocycles. The van der Waals surface area contributed by atoms with Crippen LogP contribution in [-0.4, -0.2) is 5.97 Å². The zero-order valence-electron chi connectivity index (χ0n) is 15.0. The molecule has 1 aliphatic rings. The molecule has 2 heteroatoms. The van der Waals surface area contributed by atoms with Gasteiger partial charge in [0.15, 0.2) is 0 Å². The molecule has 3 aromatic rings. The summed E-state index contributed by atoms with van der Waals surface area (Å²) in [6.45, 7) is 3.77. The van der Waals surface area contributed by atoms with E-state index in [4.69, 9.17) is 4.74 Å². The number of fused-ring (bicyclic) bond motifs is 3. The molecule has 0 amide bonds. The average molecular weight is 340 g/mol. The van der Waals surface area contributed by atoms with Crippen molar-refractivity contribution in [1.82, 2.24) is 0 Å². The maximum atomic E-state index is 11.7. The first-order chi connectivity index (χ1) is 12.7. The van der Waals surface area contributed by atoms with Crippen molar-refractivity contribution in [3.8, 4) is 28.0 Å². The van der Waals surface area contributed by atoms with E-state index >= 15 is 0 Å². The van der Waals surface area contributed by atoms with E-state index in [0.29, 0.717) is 5.75 Å². The quantitative estimate of drug-likeness (QED) is 0.271. The molecule has 0 radical (unpaired) electrons. The number of esters is 1. The lowest BCUT2D eigenvalue weighted by molar-refractivity contribution is -0.129. The van der Waals surface area contributed by atoms with Gasteiger partial charge in [0.05, 0.1) is 0 Å². The van der Waals surface area contributed by atoms with Gasteiger partial charge < -0.3 is 4.74 Å². The van der Waals surface area contributed by atoms with E-state index in [-0.39, 0.29) is 5.97 Å². The monoisotopic (exact) mass is 340 g/mol. The van der Waals surface area contributed by atoms with Gasteiger partial charge in [0.2, 0.25) is 0 Å². The van der Waals surface area contributed by atoms with Crippen LogP contribution in [0, 0.1) is 6.92 Å². The molecule has 0 saturated carbocycles. The molecule has 26 heavy (non-hydrogen) atoms. The summed E-state index contributed by atoms with van der Waals surface area (Å²) in [6.07, 6.45) is 4.06. The lowest BCUT2D eigenvalue weighted by Crippen LogP contribution is -2.04. The molecule has 0 bridgehead atoms. The second-order valence-electron chi connectivity index (χ2n) is 6.57. The highest BCUT2D eigenvalue weighted by atomic mass is 16.5. The topological polar surface area (TPSA) is 26.3 Å². The highest BCUT2D eigenvalue weighted by molar-refractivity contribution is 5.86. The zero-order valence-corrected chi connectivity index (χ0v) is 15.0. The van der Waals surface area contributed by atoms with Crippen molar-refractivity contribution in [2.24, 2.45) is 0 Å². The first kappa shape index (κ1) is 16.3. The fraction of sp³-hybridized carbons (Fsp3) is 0.125. The minimum atomic E-state index is -0.348. The van der Waals surface area contributed by atoms with Crippen LogP contribution in [0.15, 0.2) is 72.8 Å². The maximum absolute atomic E-state index is 11.7. The Morgan fingerprint density at radius 1 is 0.962 bits per heavy atom. The number of rotatable bonds is 3. The molecule has 0 spiro atoms. The smallest absolute Gasteiger partial charge is 0.335 e. The Bertz CT molecular complexity index is 1030. The lowest BCUT2D eigenvalue weighted by Gasteiger charge is -2.12. The van der Waals surface area contributed by atoms with Crippen molar-refractivity contribution in [3.63, 3.8) is 0 Å². The molecule has 0 aliphatic heterocycles. The van der Waals surface area contributed by atoms with E-state index in [2.05, 4.69) is 48.5 Å². The third-order valence-electron chi connectivity index (χ3n) is 4.85. The minimum Gasteiger partial charge on any atom is -0.423 e. The van der Waals surface area contributed by atoms with Crippen LogP contribution < -0.4 is 4.74 Å². The van der Waals surface area contributed by atoms with Gasteiger partial charge in [-0.05, 0) is 71.3 Å². The molecule has 0 N–H and O–H groups in total. The van der Waals surface area contributed by atoms with E-state index < -0.39 is 0 Å². The highest BCUT2D eigenvalue weighted by Gasteiger charge is 2.21. The molecule has 0 fully saturated rings. The van der Waals surface area contributed by atoms with Crippen molar-refractivity contribution in [3.05, 3.63) is 89.5 Å². The van der Waals surface area contributed by atoms with E-state index in [1.165, 1.54) is 33.9 Å². The van der Waals surface area contributed by atoms with Crippen LogP contribution in [0.3, 0.4) is 0 Å². The van der Waals surface area contributed by atoms with Gasteiger partial charge in [-0.25, -0.2) is 4.79 Å². The van der Waals surface area contributed by atoms with Crippen LogP contribution in [0.4, 0.5) is 0 Å². The van der Waals surface area contributed by atoms with Crippen molar-refractivity contribution in [2.75, 3.05) is 0 Å². The number of allylic oxidation sites excluding steroid dienone is 1. The van der Waals surface area contributed by atoms with Gasteiger partial charge in [0.25, 0.3) is 0 Å². The summed E-state index contributed by atoms with van der Waals surface area (Å²) < 4.78 is 5.39. The van der Waals surface area contributed by atoms with Crippen LogP contribution in [0.5, 0.6) is 5.75 Å². The molecule has 128 valence electrons. The largest absolute Gasteiger partial charge is 0.423 e. The number of hydrogen-bond acceptors (Lipinski definition) is 2. The number of benzene rings is 3. The standard InChI is InChI=1S/C24H20O2/c1-3-7-24(25)26-23-13-12-18(14-16(23)2)20-10-6-11-21-19-9-5-4-8-17(19)15-22(20)21/h3-14H,15H2,1-2H3. The van der Waals surface area contributed by atoms with E-state index in [1.807, 2.05) is 19.1 Å².